The molecular weight excluding hydrogens is 837 g/mol. The highest BCUT2D eigenvalue weighted by molar-refractivity contribution is 7.01. The second-order valence-corrected chi connectivity index (χ2v) is 69.4. The fourth-order valence-electron chi connectivity index (χ4n) is 4.96. The lowest BCUT2D eigenvalue weighted by Crippen LogP contribution is -2.68. The van der Waals surface area contributed by atoms with E-state index in [-0.39, 0.29) is 5.57 Å². The van der Waals surface area contributed by atoms with Crippen LogP contribution in [0.15, 0.2) is 12.2 Å². The third kappa shape index (κ3) is 19.9. The summed E-state index contributed by atoms with van der Waals surface area (Å²) >= 11 is 0. The van der Waals surface area contributed by atoms with Gasteiger partial charge in [0.15, 0.2) is 86.1 Å². The van der Waals surface area contributed by atoms with Crippen LogP contribution in [0.25, 0.3) is 0 Å². The van der Waals surface area contributed by atoms with Crippen LogP contribution in [0.2, 0.25) is 155 Å². The van der Waals surface area contributed by atoms with E-state index in [4.69, 9.17) is 37.0 Å². The number of hydrogen-bond donors (Lipinski definition) is 0. The second-order valence-electron chi connectivity index (χ2n) is 20.4. The van der Waals surface area contributed by atoms with E-state index in [1.165, 1.54) is 0 Å². The van der Waals surface area contributed by atoms with Gasteiger partial charge in [-0.25, -0.2) is 9.90 Å². The van der Waals surface area contributed by atoms with Crippen molar-refractivity contribution in [3.63, 3.8) is 0 Å². The van der Waals surface area contributed by atoms with Crippen LogP contribution in [0.5, 0.6) is 0 Å². The quantitative estimate of drug-likeness (QED) is 0.0759. The monoisotopic (exact) mass is 911 g/mol. The van der Waals surface area contributed by atoms with Crippen molar-refractivity contribution in [3.8, 4) is 0 Å². The molecule has 0 spiro atoms. The molecule has 23 heteroatoms. The molecule has 0 N–H and O–H groups in total. The topological polar surface area (TPSA) is 120 Å². The Kier molecular flexibility index (Phi) is 17.8. The van der Waals surface area contributed by atoms with Gasteiger partial charge in [0.2, 0.25) is 0 Å². The van der Waals surface area contributed by atoms with Gasteiger partial charge in [0.25, 0.3) is 0 Å². The van der Waals surface area contributed by atoms with E-state index in [1.807, 2.05) is 0 Å². The molecule has 0 saturated heterocycles. The first-order valence-electron chi connectivity index (χ1n) is 17.6. The van der Waals surface area contributed by atoms with E-state index in [1.54, 1.807) is 0 Å². The van der Waals surface area contributed by atoms with Crippen molar-refractivity contribution >= 4 is 110 Å². The maximum Gasteiger partial charge on any atom is 0.636 e. The molecule has 1 radical (unpaired) electrons. The van der Waals surface area contributed by atoms with Crippen LogP contribution in [-0.2, 0) is 46.9 Å². The predicted octanol–water partition coefficient (Wildman–Crippen LogP) is 7.39. The van der Waals surface area contributed by atoms with Crippen LogP contribution in [0.3, 0.4) is 0 Å². The molecule has 0 aromatic carbocycles. The number of hydrogen-bond acceptors (Lipinski definition) is 10. The molecule has 0 aliphatic carbocycles. The first kappa shape index (κ1) is 51.5. The Bertz CT molecular complexity index is 999. The van der Waals surface area contributed by atoms with Crippen LogP contribution in [0.1, 0.15) is 0 Å². The Balaban J connectivity index is 8.04. The molecule has 0 rings (SSSR count). The highest BCUT2D eigenvalue weighted by Crippen LogP contribution is 2.47. The third-order valence-electron chi connectivity index (χ3n) is 6.12. The van der Waals surface area contributed by atoms with E-state index in [9.17, 15) is 9.90 Å². The molecule has 0 aromatic heterocycles. The number of carbonyl (C=O) groups excluding carboxylic acids is 1. The van der Waals surface area contributed by atoms with Crippen LogP contribution in [-0.4, -0.2) is 110 Å². The zero-order chi connectivity index (χ0) is 40.4. The van der Waals surface area contributed by atoms with Crippen molar-refractivity contribution in [1.82, 2.24) is 0 Å². The first-order chi connectivity index (χ1) is 21.5. The minimum atomic E-state index is -3.84. The van der Waals surface area contributed by atoms with E-state index in [0.29, 0.717) is 0 Å². The summed E-state index contributed by atoms with van der Waals surface area (Å²) in [4.78, 5) is 13.2. The van der Waals surface area contributed by atoms with Crippen molar-refractivity contribution in [2.45, 2.75) is 155 Å². The summed E-state index contributed by atoms with van der Waals surface area (Å²) in [5.74, 6) is -1.34. The molecule has 0 unspecified atom stereocenters. The Morgan fingerprint density at radius 3 is 0.780 bits per heavy atom. The summed E-state index contributed by atoms with van der Waals surface area (Å²) in [6.07, 6.45) is 0. The van der Waals surface area contributed by atoms with Gasteiger partial charge in [-0.15, -0.1) is 0 Å². The molecule has 0 heterocycles. The normalized spacial score (nSPS) is 16.9. The first-order valence-corrected chi connectivity index (χ1v) is 50.2. The van der Waals surface area contributed by atoms with Gasteiger partial charge in [0.1, 0.15) is 0 Å². The minimum Gasteiger partial charge on any atom is -0.455 e. The van der Waals surface area contributed by atoms with Crippen LogP contribution in [0, 0.1) is 0 Å². The lowest BCUT2D eigenvalue weighted by Gasteiger charge is -2.50. The van der Waals surface area contributed by atoms with Crippen LogP contribution in [0.4, 0.5) is 0 Å². The largest absolute Gasteiger partial charge is 0.636 e. The van der Waals surface area contributed by atoms with Crippen molar-refractivity contribution in [2.24, 2.45) is 0 Å². The molecule has 0 bridgehead atoms. The fraction of sp³-hybridized carbons (Fsp3) is 0.889. The summed E-state index contributed by atoms with van der Waals surface area (Å²) in [6.45, 7) is 52.4. The van der Waals surface area contributed by atoms with E-state index in [2.05, 4.69) is 157 Å². The van der Waals surface area contributed by atoms with Gasteiger partial charge in [-0.05, 0) is 151 Å². The van der Waals surface area contributed by atoms with Gasteiger partial charge in [-0.2, -0.15) is 0 Å². The molecule has 0 aromatic rings. The molecule has 0 atom stereocenters. The van der Waals surface area contributed by atoms with Crippen molar-refractivity contribution in [2.75, 3.05) is 0 Å². The molecule has 11 nitrogen and oxygen atoms in total. The molecule has 0 fully saturated rings. The standard InChI is InChI=1S/C27H75O11Si12/c1-25(26(28)29)27(48(23,24)32-41(2,3)4,39-30-49(33-42(5,6)7,34-43(8,9)10)35-44(11,12)13)40-31-50(36-45(14,15)16,37-46(17,18)19)38-47(20,21)22/h1,39-40H2,2-24H3. The SMILES string of the molecule is C=C(C([O])=O)C([SiH2]O[Si](O[Si](C)(C)C)(O[Si](C)(C)C)O[Si](C)(C)C)([SiH2]O[Si](O[Si](C)(C)C)(O[Si](C)(C)C)O[Si](C)(C)C)[Si](C)(C)O[Si](C)(C)C. The molecule has 0 amide bonds. The molecule has 0 saturated carbocycles. The maximum atomic E-state index is 13.2. The maximum absolute atomic E-state index is 13.2. The molecule has 297 valence electrons. The van der Waals surface area contributed by atoms with Gasteiger partial charge >= 0.3 is 24.1 Å². The summed E-state index contributed by atoms with van der Waals surface area (Å²) in [5.41, 5.74) is -0.0560. The average Bonchev–Trinajstić information content (AvgIpc) is 2.69. The Morgan fingerprint density at radius 1 is 0.420 bits per heavy atom. The van der Waals surface area contributed by atoms with Crippen LogP contribution >= 0.6 is 0 Å². The molecule has 0 aliphatic heterocycles. The predicted molar refractivity (Wildman–Crippen MR) is 237 cm³/mol. The van der Waals surface area contributed by atoms with Crippen molar-refractivity contribution < 1.29 is 46.9 Å². The highest BCUT2D eigenvalue weighted by Gasteiger charge is 2.63. The van der Waals surface area contributed by atoms with Gasteiger partial charge in [0.05, 0.1) is 0 Å². The zero-order valence-corrected chi connectivity index (χ0v) is 48.9. The van der Waals surface area contributed by atoms with E-state index >= 15 is 0 Å². The van der Waals surface area contributed by atoms with E-state index in [0.717, 1.165) is 0 Å². The summed E-state index contributed by atoms with van der Waals surface area (Å²) in [7, 11) is -31.0. The Morgan fingerprint density at radius 2 is 0.620 bits per heavy atom. The summed E-state index contributed by atoms with van der Waals surface area (Å²) in [6, 6.07) is 0. The lowest BCUT2D eigenvalue weighted by atomic mass is 10.3. The van der Waals surface area contributed by atoms with Crippen LogP contribution < -0.4 is 0 Å². The minimum absolute atomic E-state index is 0.0560. The number of carbonyl (C=O) groups is 1. The van der Waals surface area contributed by atoms with Gasteiger partial charge < -0.3 is 37.0 Å². The highest BCUT2D eigenvalue weighted by atomic mass is 28.6. The third-order valence-corrected chi connectivity index (χ3v) is 46.9. The lowest BCUT2D eigenvalue weighted by molar-refractivity contribution is -0.138. The molecule has 50 heavy (non-hydrogen) atoms. The molecular formula is C27H75O11Si12. The van der Waals surface area contributed by atoms with Gasteiger partial charge in [-0.1, -0.05) is 6.58 Å². The summed E-state index contributed by atoms with van der Waals surface area (Å²) in [5, 5.41) is 13.2. The van der Waals surface area contributed by atoms with Crippen molar-refractivity contribution in [3.05, 3.63) is 12.2 Å². The second kappa shape index (κ2) is 17.3. The van der Waals surface area contributed by atoms with E-state index < -0.39 is 114 Å². The Labute approximate surface area is 322 Å². The zero-order valence-electron chi connectivity index (χ0n) is 36.1. The van der Waals surface area contributed by atoms with Gasteiger partial charge in [-0.3, -0.25) is 0 Å². The van der Waals surface area contributed by atoms with Crippen molar-refractivity contribution in [1.29, 1.82) is 0 Å². The average molecular weight is 913 g/mol. The fourth-order valence-corrected chi connectivity index (χ4v) is 50.1. The number of rotatable bonds is 23. The molecule has 0 aliphatic rings. The smallest absolute Gasteiger partial charge is 0.455 e. The Hall–Kier alpha value is 1.45. The van der Waals surface area contributed by atoms with Gasteiger partial charge in [0, 0.05) is 9.86 Å². The summed E-state index contributed by atoms with van der Waals surface area (Å²) < 4.78 is 61.7.